The lowest BCUT2D eigenvalue weighted by Gasteiger charge is -2.35. The Bertz CT molecular complexity index is 2740. The molecule has 1 nitrogen and oxygen atoms in total. The quantitative estimate of drug-likeness (QED) is 0.152. The fourth-order valence-corrected chi connectivity index (χ4v) is 8.87. The minimum atomic E-state index is -0.490. The molecule has 0 spiro atoms. The Morgan fingerprint density at radius 2 is 0.732 bits per heavy atom. The molecule has 1 aliphatic rings. The lowest BCUT2D eigenvalue weighted by molar-refractivity contribution is 0.768. The van der Waals surface area contributed by atoms with E-state index in [1.54, 1.807) is 0 Å². The number of hydrogen-bond acceptors (Lipinski definition) is 1. The summed E-state index contributed by atoms with van der Waals surface area (Å²) in [6.07, 6.45) is 0. The SMILES string of the molecule is c1ccc(-c2cccc(-c3ccc(N(c4ccccc4)c4ccc5c(c4)C(c4ccccc4)(c4ccccc4)c4ccccc4-5)cc3-c3ccccc3)c2)cc1. The molecule has 56 heavy (non-hydrogen) atoms. The summed E-state index contributed by atoms with van der Waals surface area (Å²) >= 11 is 0. The van der Waals surface area contributed by atoms with E-state index in [4.69, 9.17) is 0 Å². The largest absolute Gasteiger partial charge is 0.310 e. The van der Waals surface area contributed by atoms with Crippen molar-refractivity contribution in [2.75, 3.05) is 4.90 Å². The summed E-state index contributed by atoms with van der Waals surface area (Å²) < 4.78 is 0. The van der Waals surface area contributed by atoms with E-state index >= 15 is 0 Å². The molecule has 0 fully saturated rings. The molecular weight excluding hydrogens is 675 g/mol. The molecule has 0 N–H and O–H groups in total. The van der Waals surface area contributed by atoms with E-state index in [1.165, 1.54) is 66.8 Å². The number of rotatable bonds is 8. The third kappa shape index (κ3) is 5.65. The lowest BCUT2D eigenvalue weighted by atomic mass is 9.67. The first-order valence-electron chi connectivity index (χ1n) is 19.3. The van der Waals surface area contributed by atoms with Gasteiger partial charge in [-0.2, -0.15) is 0 Å². The summed E-state index contributed by atoms with van der Waals surface area (Å²) in [7, 11) is 0. The molecule has 0 radical (unpaired) electrons. The predicted molar refractivity (Wildman–Crippen MR) is 235 cm³/mol. The van der Waals surface area contributed by atoms with Crippen molar-refractivity contribution in [3.63, 3.8) is 0 Å². The second kappa shape index (κ2) is 14.2. The summed E-state index contributed by atoms with van der Waals surface area (Å²) in [6, 6.07) is 86.2. The Morgan fingerprint density at radius 3 is 1.39 bits per heavy atom. The maximum atomic E-state index is 2.45. The summed E-state index contributed by atoms with van der Waals surface area (Å²) in [5, 5.41) is 0. The molecule has 0 saturated carbocycles. The van der Waals surface area contributed by atoms with E-state index in [2.05, 4.69) is 241 Å². The van der Waals surface area contributed by atoms with Gasteiger partial charge in [0.2, 0.25) is 0 Å². The highest BCUT2D eigenvalue weighted by molar-refractivity contribution is 5.92. The first kappa shape index (κ1) is 33.4. The Kier molecular flexibility index (Phi) is 8.46. The van der Waals surface area contributed by atoms with Crippen molar-refractivity contribution in [3.8, 4) is 44.5 Å². The molecule has 0 amide bonds. The van der Waals surface area contributed by atoms with Gasteiger partial charge < -0.3 is 4.90 Å². The minimum absolute atomic E-state index is 0.490. The van der Waals surface area contributed by atoms with Crippen LogP contribution in [-0.4, -0.2) is 0 Å². The Hall–Kier alpha value is -7.22. The van der Waals surface area contributed by atoms with E-state index in [0.29, 0.717) is 0 Å². The molecule has 0 heterocycles. The first-order chi connectivity index (χ1) is 27.8. The Morgan fingerprint density at radius 1 is 0.250 bits per heavy atom. The van der Waals surface area contributed by atoms with Crippen LogP contribution >= 0.6 is 0 Å². The maximum absolute atomic E-state index is 2.45. The zero-order chi connectivity index (χ0) is 37.3. The van der Waals surface area contributed by atoms with Crippen molar-refractivity contribution >= 4 is 17.1 Å². The van der Waals surface area contributed by atoms with Gasteiger partial charge in [0.25, 0.3) is 0 Å². The molecule has 0 unspecified atom stereocenters. The topological polar surface area (TPSA) is 3.24 Å². The van der Waals surface area contributed by atoms with Crippen molar-refractivity contribution in [1.29, 1.82) is 0 Å². The molecule has 0 atom stereocenters. The molecule has 264 valence electrons. The highest BCUT2D eigenvalue weighted by atomic mass is 15.1. The van der Waals surface area contributed by atoms with Crippen LogP contribution in [0.3, 0.4) is 0 Å². The van der Waals surface area contributed by atoms with Crippen LogP contribution in [0.2, 0.25) is 0 Å². The van der Waals surface area contributed by atoms with Crippen molar-refractivity contribution in [3.05, 3.63) is 259 Å². The van der Waals surface area contributed by atoms with E-state index in [0.717, 1.165) is 17.1 Å². The predicted octanol–water partition coefficient (Wildman–Crippen LogP) is 14.5. The highest BCUT2D eigenvalue weighted by Gasteiger charge is 2.46. The van der Waals surface area contributed by atoms with Crippen LogP contribution in [0.15, 0.2) is 237 Å². The Labute approximate surface area is 329 Å². The van der Waals surface area contributed by atoms with Crippen LogP contribution in [-0.2, 0) is 5.41 Å². The van der Waals surface area contributed by atoms with Crippen LogP contribution in [0.1, 0.15) is 22.3 Å². The molecule has 1 aliphatic carbocycles. The van der Waals surface area contributed by atoms with Crippen LogP contribution in [0.25, 0.3) is 44.5 Å². The van der Waals surface area contributed by atoms with Crippen LogP contribution in [0.4, 0.5) is 17.1 Å². The molecule has 0 aromatic heterocycles. The van der Waals surface area contributed by atoms with Gasteiger partial charge in [0, 0.05) is 17.1 Å². The fourth-order valence-electron chi connectivity index (χ4n) is 8.87. The zero-order valence-corrected chi connectivity index (χ0v) is 31.0. The standard InChI is InChI=1S/C55H39N/c1-6-19-40(20-7-1)42-23-18-24-43(37-42)49-35-33-47(38-52(49)41-21-8-2-9-22-41)56(46-29-14-5-15-30-46)48-34-36-51-50-31-16-17-32-53(50)55(54(51)39-48,44-25-10-3-11-26-44)45-27-12-4-13-28-45/h1-39H. The first-order valence-corrected chi connectivity index (χ1v) is 19.3. The molecule has 9 aromatic rings. The fraction of sp³-hybridized carbons (Fsp3) is 0.0182. The van der Waals surface area contributed by atoms with Gasteiger partial charge in [-0.25, -0.2) is 0 Å². The zero-order valence-electron chi connectivity index (χ0n) is 31.0. The molecule has 1 heteroatoms. The smallest absolute Gasteiger partial charge is 0.0714 e. The van der Waals surface area contributed by atoms with E-state index in [1.807, 2.05) is 0 Å². The van der Waals surface area contributed by atoms with Gasteiger partial charge in [-0.1, -0.05) is 194 Å². The summed E-state index contributed by atoms with van der Waals surface area (Å²) in [4.78, 5) is 2.42. The second-order valence-corrected chi connectivity index (χ2v) is 14.5. The van der Waals surface area contributed by atoms with Gasteiger partial charge in [-0.05, 0) is 109 Å². The van der Waals surface area contributed by atoms with Crippen LogP contribution in [0.5, 0.6) is 0 Å². The molecule has 0 bridgehead atoms. The average molecular weight is 714 g/mol. The third-order valence-electron chi connectivity index (χ3n) is 11.3. The van der Waals surface area contributed by atoms with Gasteiger partial charge in [0.1, 0.15) is 0 Å². The van der Waals surface area contributed by atoms with E-state index in [9.17, 15) is 0 Å². The van der Waals surface area contributed by atoms with Crippen LogP contribution in [0, 0.1) is 0 Å². The number of anilines is 3. The van der Waals surface area contributed by atoms with Gasteiger partial charge in [-0.3, -0.25) is 0 Å². The van der Waals surface area contributed by atoms with Crippen molar-refractivity contribution < 1.29 is 0 Å². The van der Waals surface area contributed by atoms with Crippen molar-refractivity contribution in [1.82, 2.24) is 0 Å². The summed E-state index contributed by atoms with van der Waals surface area (Å²) in [6.45, 7) is 0. The lowest BCUT2D eigenvalue weighted by Crippen LogP contribution is -2.28. The molecule has 9 aromatic carbocycles. The number of para-hydroxylation sites is 1. The van der Waals surface area contributed by atoms with Gasteiger partial charge in [0.15, 0.2) is 0 Å². The van der Waals surface area contributed by atoms with Crippen LogP contribution < -0.4 is 4.90 Å². The normalized spacial score (nSPS) is 12.4. The average Bonchev–Trinajstić information content (AvgIpc) is 3.58. The number of benzene rings is 9. The Balaban J connectivity index is 1.19. The summed E-state index contributed by atoms with van der Waals surface area (Å²) in [5.41, 5.74) is 17.6. The number of nitrogens with zero attached hydrogens (tertiary/aromatic N) is 1. The molecule has 0 saturated heterocycles. The monoisotopic (exact) mass is 713 g/mol. The minimum Gasteiger partial charge on any atom is -0.310 e. The maximum Gasteiger partial charge on any atom is 0.0714 e. The van der Waals surface area contributed by atoms with Gasteiger partial charge >= 0.3 is 0 Å². The van der Waals surface area contributed by atoms with E-state index < -0.39 is 5.41 Å². The van der Waals surface area contributed by atoms with Gasteiger partial charge in [0.05, 0.1) is 5.41 Å². The van der Waals surface area contributed by atoms with E-state index in [-0.39, 0.29) is 0 Å². The van der Waals surface area contributed by atoms with Gasteiger partial charge in [-0.15, -0.1) is 0 Å². The second-order valence-electron chi connectivity index (χ2n) is 14.5. The number of hydrogen-bond donors (Lipinski definition) is 0. The summed E-state index contributed by atoms with van der Waals surface area (Å²) in [5.74, 6) is 0. The molecular formula is C55H39N. The number of fused-ring (bicyclic) bond motifs is 3. The molecule has 10 rings (SSSR count). The van der Waals surface area contributed by atoms with Crippen molar-refractivity contribution in [2.45, 2.75) is 5.41 Å². The third-order valence-corrected chi connectivity index (χ3v) is 11.3. The van der Waals surface area contributed by atoms with Crippen molar-refractivity contribution in [2.24, 2.45) is 0 Å². The highest BCUT2D eigenvalue weighted by Crippen LogP contribution is 2.57. The molecule has 0 aliphatic heterocycles.